The van der Waals surface area contributed by atoms with Gasteiger partial charge in [0, 0.05) is 18.6 Å². The van der Waals surface area contributed by atoms with Crippen LogP contribution >= 0.6 is 0 Å². The van der Waals surface area contributed by atoms with Gasteiger partial charge in [-0.15, -0.1) is 0 Å². The van der Waals surface area contributed by atoms with Crippen molar-refractivity contribution in [2.24, 2.45) is 11.3 Å². The molecule has 0 saturated heterocycles. The van der Waals surface area contributed by atoms with Crippen LogP contribution in [0.1, 0.15) is 53.9 Å². The van der Waals surface area contributed by atoms with Gasteiger partial charge in [0.15, 0.2) is 0 Å². The van der Waals surface area contributed by atoms with Gasteiger partial charge in [-0.3, -0.25) is 0 Å². The Morgan fingerprint density at radius 2 is 2.00 bits per heavy atom. The molecule has 2 heteroatoms. The molecule has 0 spiro atoms. The zero-order valence-corrected chi connectivity index (χ0v) is 12.7. The third kappa shape index (κ3) is 3.96. The van der Waals surface area contributed by atoms with Crippen LogP contribution in [-0.4, -0.2) is 37.1 Å². The zero-order chi connectivity index (χ0) is 13.1. The summed E-state index contributed by atoms with van der Waals surface area (Å²) in [5.41, 5.74) is 0.470. The summed E-state index contributed by atoms with van der Waals surface area (Å²) in [5, 5.41) is 3.79. The van der Waals surface area contributed by atoms with Crippen LogP contribution in [0.2, 0.25) is 0 Å². The molecule has 1 N–H and O–H groups in total. The Balaban J connectivity index is 2.58. The van der Waals surface area contributed by atoms with Gasteiger partial charge >= 0.3 is 0 Å². The van der Waals surface area contributed by atoms with Crippen molar-refractivity contribution in [1.29, 1.82) is 0 Å². The van der Waals surface area contributed by atoms with Crippen LogP contribution in [0, 0.1) is 11.3 Å². The summed E-state index contributed by atoms with van der Waals surface area (Å²) in [6.45, 7) is 14.1. The molecular weight excluding hydrogens is 208 g/mol. The van der Waals surface area contributed by atoms with E-state index in [2.05, 4.69) is 51.9 Å². The molecule has 2 unspecified atom stereocenters. The van der Waals surface area contributed by atoms with Crippen molar-refractivity contribution in [1.82, 2.24) is 10.2 Å². The van der Waals surface area contributed by atoms with Gasteiger partial charge in [0.05, 0.1) is 0 Å². The Morgan fingerprint density at radius 3 is 2.53 bits per heavy atom. The number of hydrogen-bond acceptors (Lipinski definition) is 2. The van der Waals surface area contributed by atoms with Crippen molar-refractivity contribution in [3.05, 3.63) is 0 Å². The molecule has 0 heterocycles. The average Bonchev–Trinajstić information content (AvgIpc) is 2.51. The first kappa shape index (κ1) is 15.0. The first-order chi connectivity index (χ1) is 7.88. The molecule has 1 rings (SSSR count). The smallest absolute Gasteiger partial charge is 0.0159 e. The molecule has 0 aliphatic heterocycles. The van der Waals surface area contributed by atoms with Crippen LogP contribution in [-0.2, 0) is 0 Å². The fraction of sp³-hybridized carbons (Fsp3) is 1.00. The van der Waals surface area contributed by atoms with Crippen LogP contribution in [0.15, 0.2) is 0 Å². The van der Waals surface area contributed by atoms with Crippen molar-refractivity contribution >= 4 is 0 Å². The second-order valence-corrected chi connectivity index (χ2v) is 6.75. The minimum Gasteiger partial charge on any atom is -0.313 e. The minimum absolute atomic E-state index is 0.470. The molecule has 102 valence electrons. The quantitative estimate of drug-likeness (QED) is 0.767. The lowest BCUT2D eigenvalue weighted by Gasteiger charge is -2.34. The molecule has 0 aromatic carbocycles. The third-order valence-corrected chi connectivity index (χ3v) is 4.49. The van der Waals surface area contributed by atoms with Gasteiger partial charge in [-0.1, -0.05) is 20.8 Å². The highest BCUT2D eigenvalue weighted by atomic mass is 15.1. The molecule has 1 saturated carbocycles. The maximum Gasteiger partial charge on any atom is 0.0159 e. The van der Waals surface area contributed by atoms with E-state index in [1.165, 1.54) is 25.8 Å². The Morgan fingerprint density at radius 1 is 1.35 bits per heavy atom. The Kier molecular flexibility index (Phi) is 5.46. The first-order valence-corrected chi connectivity index (χ1v) is 7.32. The third-order valence-electron chi connectivity index (χ3n) is 4.49. The van der Waals surface area contributed by atoms with E-state index in [1.54, 1.807) is 0 Å². The standard InChI is InChI=1S/C15H32N2/c1-7-10-16-14-13(8-9-15(14,4)5)11-17(6)12(2)3/h12-14,16H,7-11H2,1-6H3. The summed E-state index contributed by atoms with van der Waals surface area (Å²) in [6, 6.07) is 1.36. The number of hydrogen-bond donors (Lipinski definition) is 1. The lowest BCUT2D eigenvalue weighted by molar-refractivity contribution is 0.183. The van der Waals surface area contributed by atoms with E-state index in [1.807, 2.05) is 0 Å². The number of rotatable bonds is 6. The fourth-order valence-corrected chi connectivity index (χ4v) is 3.04. The summed E-state index contributed by atoms with van der Waals surface area (Å²) < 4.78 is 0. The van der Waals surface area contributed by atoms with Crippen molar-refractivity contribution < 1.29 is 0 Å². The van der Waals surface area contributed by atoms with Gasteiger partial charge in [-0.05, 0) is 58.0 Å². The summed E-state index contributed by atoms with van der Waals surface area (Å²) in [6.07, 6.45) is 3.98. The van der Waals surface area contributed by atoms with Gasteiger partial charge in [-0.25, -0.2) is 0 Å². The molecule has 1 aliphatic rings. The van der Waals surface area contributed by atoms with Crippen LogP contribution in [0.4, 0.5) is 0 Å². The maximum atomic E-state index is 3.79. The van der Waals surface area contributed by atoms with Gasteiger partial charge in [0.25, 0.3) is 0 Å². The molecule has 17 heavy (non-hydrogen) atoms. The van der Waals surface area contributed by atoms with E-state index in [-0.39, 0.29) is 0 Å². The van der Waals surface area contributed by atoms with Gasteiger partial charge in [-0.2, -0.15) is 0 Å². The van der Waals surface area contributed by atoms with Gasteiger partial charge in [0.1, 0.15) is 0 Å². The van der Waals surface area contributed by atoms with E-state index in [0.717, 1.165) is 12.5 Å². The average molecular weight is 240 g/mol. The first-order valence-electron chi connectivity index (χ1n) is 7.32. The summed E-state index contributed by atoms with van der Waals surface area (Å²) in [4.78, 5) is 2.49. The SMILES string of the molecule is CCCNC1C(CN(C)C(C)C)CCC1(C)C. The maximum absolute atomic E-state index is 3.79. The minimum atomic E-state index is 0.470. The second-order valence-electron chi connectivity index (χ2n) is 6.75. The highest BCUT2D eigenvalue weighted by molar-refractivity contribution is 4.97. The molecule has 0 radical (unpaired) electrons. The van der Waals surface area contributed by atoms with Crippen molar-refractivity contribution in [3.63, 3.8) is 0 Å². The van der Waals surface area contributed by atoms with E-state index in [0.29, 0.717) is 17.5 Å². The molecular formula is C15H32N2. The molecule has 0 bridgehead atoms. The van der Waals surface area contributed by atoms with Crippen molar-refractivity contribution in [3.8, 4) is 0 Å². The highest BCUT2D eigenvalue weighted by Gasteiger charge is 2.41. The van der Waals surface area contributed by atoms with E-state index in [4.69, 9.17) is 0 Å². The highest BCUT2D eigenvalue weighted by Crippen LogP contribution is 2.41. The lowest BCUT2D eigenvalue weighted by atomic mass is 9.84. The molecule has 2 nitrogen and oxygen atoms in total. The lowest BCUT2D eigenvalue weighted by Crippen LogP contribution is -2.46. The Labute approximate surface area is 108 Å². The molecule has 1 fully saturated rings. The van der Waals surface area contributed by atoms with Gasteiger partial charge in [0.2, 0.25) is 0 Å². The van der Waals surface area contributed by atoms with Crippen LogP contribution in [0.3, 0.4) is 0 Å². The normalized spacial score (nSPS) is 28.2. The van der Waals surface area contributed by atoms with E-state index < -0.39 is 0 Å². The van der Waals surface area contributed by atoms with E-state index >= 15 is 0 Å². The predicted octanol–water partition coefficient (Wildman–Crippen LogP) is 3.13. The number of nitrogens with one attached hydrogen (secondary N) is 1. The molecule has 0 aromatic heterocycles. The predicted molar refractivity (Wildman–Crippen MR) is 76.4 cm³/mol. The zero-order valence-electron chi connectivity index (χ0n) is 12.7. The summed E-state index contributed by atoms with van der Waals surface area (Å²) in [7, 11) is 2.26. The fourth-order valence-electron chi connectivity index (χ4n) is 3.04. The van der Waals surface area contributed by atoms with Crippen molar-refractivity contribution in [2.75, 3.05) is 20.1 Å². The second kappa shape index (κ2) is 6.19. The summed E-state index contributed by atoms with van der Waals surface area (Å²) in [5.74, 6) is 0.823. The Bertz CT molecular complexity index is 223. The topological polar surface area (TPSA) is 15.3 Å². The molecule has 0 aromatic rings. The Hall–Kier alpha value is -0.0800. The number of nitrogens with zero attached hydrogens (tertiary/aromatic N) is 1. The molecule has 2 atom stereocenters. The largest absolute Gasteiger partial charge is 0.313 e. The van der Waals surface area contributed by atoms with Crippen LogP contribution < -0.4 is 5.32 Å². The van der Waals surface area contributed by atoms with Crippen LogP contribution in [0.25, 0.3) is 0 Å². The van der Waals surface area contributed by atoms with Crippen molar-refractivity contribution in [2.45, 2.75) is 66.0 Å². The monoisotopic (exact) mass is 240 g/mol. The molecule has 1 aliphatic carbocycles. The van der Waals surface area contributed by atoms with Gasteiger partial charge < -0.3 is 10.2 Å². The van der Waals surface area contributed by atoms with E-state index in [9.17, 15) is 0 Å². The summed E-state index contributed by atoms with van der Waals surface area (Å²) >= 11 is 0. The molecule has 0 amide bonds. The van der Waals surface area contributed by atoms with Crippen LogP contribution in [0.5, 0.6) is 0 Å².